The minimum absolute atomic E-state index is 0.167. The van der Waals surface area contributed by atoms with Crippen LogP contribution in [0.4, 0.5) is 13.3 Å². The van der Waals surface area contributed by atoms with E-state index < -0.39 is 7.82 Å². The molecular formula is C2H4F3O4P. The number of hydrogen-bond acceptors (Lipinski definition) is 2. The zero-order valence-electron chi connectivity index (χ0n) is 4.45. The Hall–Kier alpha value is -0.360. The van der Waals surface area contributed by atoms with Crippen molar-refractivity contribution in [1.82, 2.24) is 0 Å². The van der Waals surface area contributed by atoms with Crippen LogP contribution in [0.5, 0.6) is 0 Å². The SMILES string of the molecule is FC=CF.O=P(O)(O)OF. The topological polar surface area (TPSA) is 66.8 Å². The Kier molecular flexibility index (Phi) is 8.33. The van der Waals surface area contributed by atoms with Gasteiger partial charge in [0.25, 0.3) is 0 Å². The normalized spacial score (nSPS) is 10.9. The zero-order chi connectivity index (χ0) is 8.62. The van der Waals surface area contributed by atoms with Crippen LogP contribution in [0.3, 0.4) is 0 Å². The summed E-state index contributed by atoms with van der Waals surface area (Å²) < 4.78 is 41.8. The van der Waals surface area contributed by atoms with Crippen LogP contribution < -0.4 is 0 Å². The average molecular weight is 180 g/mol. The Morgan fingerprint density at radius 3 is 1.50 bits per heavy atom. The second kappa shape index (κ2) is 6.76. The van der Waals surface area contributed by atoms with Gasteiger partial charge in [0, 0.05) is 0 Å². The van der Waals surface area contributed by atoms with E-state index in [4.69, 9.17) is 14.4 Å². The maximum Gasteiger partial charge on any atom is 0.500 e. The number of phosphoric acid groups is 1. The molecule has 0 saturated heterocycles. The van der Waals surface area contributed by atoms with Crippen LogP contribution in [0, 0.1) is 0 Å². The van der Waals surface area contributed by atoms with Gasteiger partial charge >= 0.3 is 7.82 Å². The van der Waals surface area contributed by atoms with E-state index >= 15 is 0 Å². The first-order valence-electron chi connectivity index (χ1n) is 1.69. The number of rotatable bonds is 1. The Balaban J connectivity index is 0. The van der Waals surface area contributed by atoms with Crippen molar-refractivity contribution in [2.75, 3.05) is 0 Å². The van der Waals surface area contributed by atoms with Crippen molar-refractivity contribution in [3.8, 4) is 0 Å². The molecule has 62 valence electrons. The van der Waals surface area contributed by atoms with E-state index in [0.29, 0.717) is 0 Å². The molecule has 0 aliphatic heterocycles. The van der Waals surface area contributed by atoms with Gasteiger partial charge in [0.15, 0.2) is 0 Å². The maximum atomic E-state index is 10.2. The van der Waals surface area contributed by atoms with Crippen LogP contribution in [0.25, 0.3) is 0 Å². The van der Waals surface area contributed by atoms with Gasteiger partial charge in [-0.3, -0.25) is 0 Å². The van der Waals surface area contributed by atoms with Gasteiger partial charge in [-0.25, -0.2) is 13.3 Å². The van der Waals surface area contributed by atoms with Crippen LogP contribution >= 0.6 is 7.82 Å². The van der Waals surface area contributed by atoms with Crippen LogP contribution in [-0.4, -0.2) is 9.79 Å². The molecule has 0 aliphatic rings. The summed E-state index contributed by atoms with van der Waals surface area (Å²) in [4.78, 5) is 14.7. The van der Waals surface area contributed by atoms with Crippen molar-refractivity contribution in [2.45, 2.75) is 0 Å². The molecule has 0 radical (unpaired) electrons. The van der Waals surface area contributed by atoms with Crippen molar-refractivity contribution in [1.29, 1.82) is 0 Å². The molecule has 0 aromatic carbocycles. The van der Waals surface area contributed by atoms with E-state index in [9.17, 15) is 13.3 Å². The lowest BCUT2D eigenvalue weighted by Crippen LogP contribution is -1.71. The summed E-state index contributed by atoms with van der Waals surface area (Å²) in [6.07, 6.45) is -0.333. The van der Waals surface area contributed by atoms with E-state index in [-0.39, 0.29) is 12.7 Å². The first kappa shape index (κ1) is 12.3. The Labute approximate surface area is 54.1 Å². The molecule has 8 heteroatoms. The minimum atomic E-state index is -4.81. The third-order valence-corrected chi connectivity index (χ3v) is 0.317. The molecule has 0 rings (SSSR count). The molecular weight excluding hydrogens is 176 g/mol. The molecule has 0 aromatic rings. The van der Waals surface area contributed by atoms with E-state index in [2.05, 4.69) is 4.73 Å². The molecule has 0 unspecified atom stereocenters. The maximum absolute atomic E-state index is 10.2. The summed E-state index contributed by atoms with van der Waals surface area (Å²) in [7, 11) is -4.81. The first-order valence-corrected chi connectivity index (χ1v) is 3.22. The monoisotopic (exact) mass is 180 g/mol. The summed E-state index contributed by atoms with van der Waals surface area (Å²) in [5.41, 5.74) is 0. The van der Waals surface area contributed by atoms with Crippen molar-refractivity contribution >= 4 is 7.82 Å². The number of hydrogen-bond donors (Lipinski definition) is 2. The van der Waals surface area contributed by atoms with Gasteiger partial charge in [0.05, 0.1) is 0 Å². The highest BCUT2D eigenvalue weighted by atomic mass is 31.2. The fraction of sp³-hybridized carbons (Fsp3) is 0. The lowest BCUT2D eigenvalue weighted by atomic mass is 11.2. The molecule has 0 atom stereocenters. The first-order chi connectivity index (χ1) is 4.47. The van der Waals surface area contributed by atoms with Crippen LogP contribution in [-0.2, 0) is 9.29 Å². The fourth-order valence-corrected chi connectivity index (χ4v) is 0. The van der Waals surface area contributed by atoms with E-state index in [1.54, 1.807) is 0 Å². The quantitative estimate of drug-likeness (QED) is 0.598. The molecule has 0 heterocycles. The highest BCUT2D eigenvalue weighted by Crippen LogP contribution is 2.35. The smallest absolute Gasteiger partial charge is 0.301 e. The molecule has 0 fully saturated rings. The van der Waals surface area contributed by atoms with Crippen LogP contribution in [0.2, 0.25) is 0 Å². The molecule has 0 bridgehead atoms. The minimum Gasteiger partial charge on any atom is -0.301 e. The highest BCUT2D eigenvalue weighted by molar-refractivity contribution is 7.46. The molecule has 0 amide bonds. The lowest BCUT2D eigenvalue weighted by molar-refractivity contribution is -0.0389. The van der Waals surface area contributed by atoms with E-state index in [1.807, 2.05) is 0 Å². The van der Waals surface area contributed by atoms with Gasteiger partial charge < -0.3 is 9.79 Å². The third-order valence-electron chi connectivity index (χ3n) is 0.138. The summed E-state index contributed by atoms with van der Waals surface area (Å²) >= 11 is 0. The second-order valence-electron chi connectivity index (χ2n) is 0.812. The molecule has 10 heavy (non-hydrogen) atoms. The second-order valence-corrected chi connectivity index (χ2v) is 1.93. The molecule has 0 aromatic heterocycles. The molecule has 2 N–H and O–H groups in total. The summed E-state index contributed by atoms with van der Waals surface area (Å²) in [5.74, 6) is 0. The predicted molar refractivity (Wildman–Crippen MR) is 25.6 cm³/mol. The van der Waals surface area contributed by atoms with Crippen molar-refractivity contribution in [3.63, 3.8) is 0 Å². The predicted octanol–water partition coefficient (Wildman–Crippen LogP) is 1.38. The lowest BCUT2D eigenvalue weighted by Gasteiger charge is -1.87. The Bertz CT molecular complexity index is 126. The van der Waals surface area contributed by atoms with Gasteiger partial charge in [-0.15, -0.1) is 0 Å². The van der Waals surface area contributed by atoms with Gasteiger partial charge in [0.2, 0.25) is 0 Å². The number of halogens is 3. The molecule has 0 saturated carbocycles. The summed E-state index contributed by atoms with van der Waals surface area (Å²) in [6.45, 7) is 0. The van der Waals surface area contributed by atoms with Crippen molar-refractivity contribution in [3.05, 3.63) is 12.7 Å². The van der Waals surface area contributed by atoms with Crippen LogP contribution in [0.1, 0.15) is 0 Å². The van der Waals surface area contributed by atoms with Crippen LogP contribution in [0.15, 0.2) is 12.7 Å². The molecule has 0 spiro atoms. The summed E-state index contributed by atoms with van der Waals surface area (Å²) in [6, 6.07) is 0. The average Bonchev–Trinajstić information content (AvgIpc) is 1.87. The highest BCUT2D eigenvalue weighted by Gasteiger charge is 2.12. The van der Waals surface area contributed by atoms with Crippen molar-refractivity contribution in [2.24, 2.45) is 0 Å². The van der Waals surface area contributed by atoms with E-state index in [1.165, 1.54) is 0 Å². The molecule has 4 nitrogen and oxygen atoms in total. The van der Waals surface area contributed by atoms with Gasteiger partial charge in [-0.2, -0.15) is 0 Å². The van der Waals surface area contributed by atoms with Gasteiger partial charge in [-0.05, 0) is 4.53 Å². The Morgan fingerprint density at radius 1 is 1.30 bits per heavy atom. The zero-order valence-corrected chi connectivity index (χ0v) is 5.34. The third kappa shape index (κ3) is 25.4. The molecule has 0 aliphatic carbocycles. The van der Waals surface area contributed by atoms with Gasteiger partial charge in [0.1, 0.15) is 12.7 Å². The fourth-order valence-electron chi connectivity index (χ4n) is 0. The van der Waals surface area contributed by atoms with Crippen molar-refractivity contribution < 1.29 is 32.4 Å². The Morgan fingerprint density at radius 2 is 1.50 bits per heavy atom. The van der Waals surface area contributed by atoms with E-state index in [0.717, 1.165) is 0 Å². The largest absolute Gasteiger partial charge is 0.500 e. The summed E-state index contributed by atoms with van der Waals surface area (Å²) in [5, 5.41) is 0. The standard InChI is InChI=1S/C2H2F2.FH2O4P/c3-1-2-4;1-5-6(2,3)4/h1-2H;(H2,2,3,4). The van der Waals surface area contributed by atoms with Gasteiger partial charge in [-0.1, -0.05) is 4.73 Å².